The van der Waals surface area contributed by atoms with Crippen LogP contribution in [-0.4, -0.2) is 105 Å². The van der Waals surface area contributed by atoms with Crippen LogP contribution in [-0.2, 0) is 33.8 Å². The second-order valence-electron chi connectivity index (χ2n) is 9.34. The number of rotatable bonds is 12. The molecule has 57 heavy (non-hydrogen) atoms. The predicted molar refractivity (Wildman–Crippen MR) is 237 cm³/mol. The summed E-state index contributed by atoms with van der Waals surface area (Å²) in [7, 11) is 3.05. The zero-order chi connectivity index (χ0) is 45.8. The fourth-order valence-electron chi connectivity index (χ4n) is 1.57. The Hall–Kier alpha value is -5.88. The summed E-state index contributed by atoms with van der Waals surface area (Å²) in [4.78, 5) is 41.5. The third kappa shape index (κ3) is 137. The van der Waals surface area contributed by atoms with Gasteiger partial charge in [0, 0.05) is 44.2 Å². The highest BCUT2D eigenvalue weighted by Crippen LogP contribution is 2.07. The van der Waals surface area contributed by atoms with Crippen molar-refractivity contribution in [3.05, 3.63) is 30.3 Å². The van der Waals surface area contributed by atoms with Crippen LogP contribution in [0.4, 0.5) is 0 Å². The molecular weight excluding hydrogens is 742 g/mol. The van der Waals surface area contributed by atoms with Crippen molar-refractivity contribution < 1.29 is 49.1 Å². The first-order valence-corrected chi connectivity index (χ1v) is 17.7. The van der Waals surface area contributed by atoms with Crippen LogP contribution in [0.5, 0.6) is 5.75 Å². The number of para-hydroxylation sites is 1. The first-order chi connectivity index (χ1) is 27.2. The summed E-state index contributed by atoms with van der Waals surface area (Å²) in [5.74, 6) is 0.374. The molecule has 0 spiro atoms. The van der Waals surface area contributed by atoms with Gasteiger partial charge in [0.25, 0.3) is 0 Å². The SMILES string of the molecule is C/C=N/O.C/C=N/OC.C/C=N/OC(C)=O.C/C=N/OCC.C/C=N/OCCC.C/C=N/Oc1ccccc1.CC(C)=NO.CCON=C(C)C.CON=C(C)C. The molecule has 19 nitrogen and oxygen atoms in total. The van der Waals surface area contributed by atoms with E-state index in [9.17, 15) is 4.79 Å². The molecule has 1 rings (SSSR count). The van der Waals surface area contributed by atoms with Gasteiger partial charge in [0.05, 0.1) is 17.1 Å². The Balaban J connectivity index is -0.0000000800. The number of nitrogens with zero attached hydrogens (tertiary/aromatic N) is 9. The number of hydrogen-bond donors (Lipinski definition) is 2. The molecule has 0 aliphatic heterocycles. The smallest absolute Gasteiger partial charge is 0.331 e. The molecule has 2 N–H and O–H groups in total. The van der Waals surface area contributed by atoms with Gasteiger partial charge in [-0.3, -0.25) is 0 Å². The number of benzene rings is 1. The first kappa shape index (κ1) is 69.1. The van der Waals surface area contributed by atoms with Crippen LogP contribution in [0.3, 0.4) is 0 Å². The largest absolute Gasteiger partial charge is 0.411 e. The van der Waals surface area contributed by atoms with Gasteiger partial charge in [-0.25, -0.2) is 4.79 Å². The average Bonchev–Trinajstić information content (AvgIpc) is 3.20. The topological polar surface area (TPSA) is 233 Å². The second-order valence-corrected chi connectivity index (χ2v) is 9.34. The van der Waals surface area contributed by atoms with Crippen molar-refractivity contribution in [2.75, 3.05) is 34.0 Å². The van der Waals surface area contributed by atoms with Gasteiger partial charge in [-0.05, 0) is 115 Å². The zero-order valence-corrected chi connectivity index (χ0v) is 37.9. The van der Waals surface area contributed by atoms with Gasteiger partial charge in [0.1, 0.15) is 34.0 Å². The molecule has 0 aliphatic rings. The molecule has 0 aromatic heterocycles. The van der Waals surface area contributed by atoms with Crippen molar-refractivity contribution in [2.24, 2.45) is 46.4 Å². The van der Waals surface area contributed by atoms with Crippen molar-refractivity contribution >= 4 is 60.4 Å². The molecule has 0 fully saturated rings. The minimum atomic E-state index is -0.391. The normalized spacial score (nSPS) is 8.95. The minimum Gasteiger partial charge on any atom is -0.411 e. The molecule has 332 valence electrons. The van der Waals surface area contributed by atoms with Crippen molar-refractivity contribution in [3.63, 3.8) is 0 Å². The maximum Gasteiger partial charge on any atom is 0.331 e. The van der Waals surface area contributed by atoms with E-state index in [1.807, 2.05) is 99.6 Å². The van der Waals surface area contributed by atoms with Crippen LogP contribution in [0.15, 0.2) is 76.7 Å². The summed E-state index contributed by atoms with van der Waals surface area (Å²) in [6, 6.07) is 9.45. The summed E-state index contributed by atoms with van der Waals surface area (Å²) in [5, 5.41) is 45.0. The lowest BCUT2D eigenvalue weighted by Gasteiger charge is -1.93. The summed E-state index contributed by atoms with van der Waals surface area (Å²) in [5.41, 5.74) is 2.59. The summed E-state index contributed by atoms with van der Waals surface area (Å²) in [6.07, 6.45) is 10.2. The van der Waals surface area contributed by atoms with E-state index in [-0.39, 0.29) is 0 Å². The standard InChI is InChI=1S/C8H9NO.2C5H11NO.C4H7NO2.2C4H9NO.2C3H7NO.C2H5NO/c1-2-9-10-8-6-4-3-5-7-8;1-4-7-6-5(2)3;1-3-5-7-6-4-2;1-3-5-7-4(2)6;1-4(2)5-6-3;1-3-5-6-4-2;1-3-4-5-2;1-3(2)4-5;1-2-3-4/h2-7H,1H3;4H2,1-3H3;4H,3,5H2,1-2H3;3H,1-2H3;1-3H3;3H,4H2,1-2H3;3H,1-2H3;5H,1-2H3;2,4H,1H3/b9-2+;;6-4+;5-3+;;5-3+;4-3+;;3-2+. The molecule has 0 saturated heterocycles. The molecule has 19 heteroatoms. The molecule has 1 aromatic rings. The zero-order valence-electron chi connectivity index (χ0n) is 37.9. The molecule has 0 saturated carbocycles. The monoisotopic (exact) mass is 818 g/mol. The van der Waals surface area contributed by atoms with E-state index in [0.717, 1.165) is 30.2 Å². The third-order valence-corrected chi connectivity index (χ3v) is 3.25. The molecule has 0 amide bonds. The highest BCUT2D eigenvalue weighted by atomic mass is 16.7. The number of carbonyl (C=O) groups is 1. The van der Waals surface area contributed by atoms with Crippen LogP contribution in [0.2, 0.25) is 0 Å². The lowest BCUT2D eigenvalue weighted by molar-refractivity contribution is -0.140. The Morgan fingerprint density at radius 3 is 1.23 bits per heavy atom. The van der Waals surface area contributed by atoms with Crippen molar-refractivity contribution in [1.82, 2.24) is 0 Å². The molecule has 0 aliphatic carbocycles. The molecule has 0 bridgehead atoms. The van der Waals surface area contributed by atoms with E-state index in [2.05, 4.69) is 70.6 Å². The lowest BCUT2D eigenvalue weighted by Crippen LogP contribution is -1.89. The van der Waals surface area contributed by atoms with E-state index >= 15 is 0 Å². The highest BCUT2D eigenvalue weighted by molar-refractivity contribution is 5.78. The van der Waals surface area contributed by atoms with Gasteiger partial charge >= 0.3 is 5.97 Å². The second kappa shape index (κ2) is 75.1. The first-order valence-electron chi connectivity index (χ1n) is 17.7. The quantitative estimate of drug-likeness (QED) is 0.0666. The van der Waals surface area contributed by atoms with Crippen LogP contribution < -0.4 is 4.84 Å². The van der Waals surface area contributed by atoms with Gasteiger partial charge in [0.2, 0.25) is 0 Å². The predicted octanol–water partition coefficient (Wildman–Crippen LogP) is 9.48. The summed E-state index contributed by atoms with van der Waals surface area (Å²) in [6.45, 7) is 30.7. The minimum absolute atomic E-state index is 0.391. The van der Waals surface area contributed by atoms with Gasteiger partial charge in [-0.1, -0.05) is 61.2 Å². The van der Waals surface area contributed by atoms with Crippen LogP contribution in [0, 0.1) is 0 Å². The van der Waals surface area contributed by atoms with E-state index in [0.29, 0.717) is 18.9 Å². The van der Waals surface area contributed by atoms with Gasteiger partial charge in [-0.2, -0.15) is 0 Å². The molecule has 0 heterocycles. The van der Waals surface area contributed by atoms with E-state index in [1.165, 1.54) is 33.6 Å². The average molecular weight is 818 g/mol. The third-order valence-electron chi connectivity index (χ3n) is 3.25. The van der Waals surface area contributed by atoms with Gasteiger partial charge < -0.3 is 44.3 Å². The summed E-state index contributed by atoms with van der Waals surface area (Å²) >= 11 is 0. The van der Waals surface area contributed by atoms with E-state index in [1.54, 1.807) is 59.5 Å². The molecular formula is C38H75N9O10. The van der Waals surface area contributed by atoms with E-state index in [4.69, 9.17) is 20.1 Å². The Morgan fingerprint density at radius 2 is 1.02 bits per heavy atom. The molecule has 1 aromatic carbocycles. The lowest BCUT2D eigenvalue weighted by atomic mass is 10.3. The Kier molecular flexibility index (Phi) is 91.0. The van der Waals surface area contributed by atoms with Crippen molar-refractivity contribution in [1.29, 1.82) is 0 Å². The Bertz CT molecular complexity index is 1150. The fourth-order valence-corrected chi connectivity index (χ4v) is 1.57. The maximum absolute atomic E-state index is 9.87. The molecule has 0 atom stereocenters. The number of carbonyl (C=O) groups excluding carboxylic acids is 1. The van der Waals surface area contributed by atoms with Crippen LogP contribution >= 0.6 is 0 Å². The maximum atomic E-state index is 9.87. The van der Waals surface area contributed by atoms with E-state index < -0.39 is 5.97 Å². The Labute approximate surface area is 342 Å². The molecule has 0 unspecified atom stereocenters. The number of oxime groups is 9. The molecule has 0 radical (unpaired) electrons. The highest BCUT2D eigenvalue weighted by Gasteiger charge is 1.85. The Morgan fingerprint density at radius 1 is 0.579 bits per heavy atom. The van der Waals surface area contributed by atoms with Crippen LogP contribution in [0.25, 0.3) is 0 Å². The number of hydrogen-bond acceptors (Lipinski definition) is 19. The summed E-state index contributed by atoms with van der Waals surface area (Å²) < 4.78 is 0. The van der Waals surface area contributed by atoms with Crippen molar-refractivity contribution in [3.8, 4) is 5.75 Å². The fraction of sp³-hybridized carbons (Fsp3) is 0.579. The van der Waals surface area contributed by atoms with Crippen molar-refractivity contribution in [2.45, 2.75) is 117 Å². The van der Waals surface area contributed by atoms with Gasteiger partial charge in [-0.15, -0.1) is 10.3 Å². The van der Waals surface area contributed by atoms with Crippen LogP contribution in [0.1, 0.15) is 117 Å². The van der Waals surface area contributed by atoms with Gasteiger partial charge in [0.15, 0.2) is 5.75 Å².